The number of nitrogens with one attached hydrogen (secondary N) is 1. The molecule has 1 aromatic rings. The van der Waals surface area contributed by atoms with Crippen molar-refractivity contribution >= 4 is 5.91 Å². The third-order valence-electron chi connectivity index (χ3n) is 5.68. The van der Waals surface area contributed by atoms with E-state index in [1.54, 1.807) is 24.3 Å². The van der Waals surface area contributed by atoms with Crippen molar-refractivity contribution in [1.29, 1.82) is 0 Å². The molecule has 0 aromatic heterocycles. The summed E-state index contributed by atoms with van der Waals surface area (Å²) >= 11 is 0. The highest BCUT2D eigenvalue weighted by Gasteiger charge is 2.51. The van der Waals surface area contributed by atoms with E-state index in [0.717, 1.165) is 0 Å². The number of hydrogen-bond acceptors (Lipinski definition) is 12. The molecule has 13 heteroatoms. The van der Waals surface area contributed by atoms with E-state index >= 15 is 0 Å². The minimum Gasteiger partial charge on any atom is -0.497 e. The lowest BCUT2D eigenvalue weighted by Crippen LogP contribution is -2.67. The van der Waals surface area contributed by atoms with Crippen LogP contribution < -0.4 is 14.8 Å². The van der Waals surface area contributed by atoms with Gasteiger partial charge in [-0.3, -0.25) is 4.79 Å². The molecule has 2 heterocycles. The Balaban J connectivity index is 1.73. The van der Waals surface area contributed by atoms with Crippen molar-refractivity contribution in [3.8, 4) is 11.5 Å². The van der Waals surface area contributed by atoms with Gasteiger partial charge in [0.25, 0.3) is 0 Å². The van der Waals surface area contributed by atoms with E-state index in [1.807, 2.05) is 0 Å². The second-order valence-electron chi connectivity index (χ2n) is 8.03. The van der Waals surface area contributed by atoms with E-state index in [2.05, 4.69) is 5.32 Å². The molecule has 0 spiro atoms. The zero-order valence-electron chi connectivity index (χ0n) is 18.6. The number of aliphatic hydroxyl groups is 6. The lowest BCUT2D eigenvalue weighted by atomic mass is 9.95. The van der Waals surface area contributed by atoms with Crippen LogP contribution in [0.15, 0.2) is 24.3 Å². The number of carbonyl (C=O) groups is 1. The molecule has 7 N–H and O–H groups in total. The van der Waals surface area contributed by atoms with Crippen LogP contribution >= 0.6 is 0 Å². The lowest BCUT2D eigenvalue weighted by molar-refractivity contribution is -0.343. The van der Waals surface area contributed by atoms with Gasteiger partial charge in [-0.1, -0.05) is 0 Å². The maximum absolute atomic E-state index is 11.5. The second-order valence-corrected chi connectivity index (χ2v) is 8.03. The van der Waals surface area contributed by atoms with Crippen LogP contribution in [0.25, 0.3) is 0 Å². The highest BCUT2D eigenvalue weighted by molar-refractivity contribution is 5.73. The Morgan fingerprint density at radius 2 is 1.47 bits per heavy atom. The fraction of sp³-hybridized carbons (Fsp3) is 0.667. The zero-order valence-corrected chi connectivity index (χ0v) is 18.6. The summed E-state index contributed by atoms with van der Waals surface area (Å²) in [6, 6.07) is 5.11. The topological polar surface area (TPSA) is 197 Å². The van der Waals surface area contributed by atoms with E-state index < -0.39 is 80.5 Å². The Labute approximate surface area is 195 Å². The van der Waals surface area contributed by atoms with Crippen LogP contribution in [0, 0.1) is 0 Å². The van der Waals surface area contributed by atoms with Gasteiger partial charge < -0.3 is 59.6 Å². The van der Waals surface area contributed by atoms with Gasteiger partial charge in [-0.25, -0.2) is 0 Å². The summed E-state index contributed by atoms with van der Waals surface area (Å²) in [7, 11) is 1.50. The molecule has 0 radical (unpaired) electrons. The number of aliphatic hydroxyl groups excluding tert-OH is 6. The first kappa shape index (κ1) is 26.5. The largest absolute Gasteiger partial charge is 0.497 e. The molecular formula is C21H31NO12. The quantitative estimate of drug-likeness (QED) is 0.194. The SMILES string of the molecule is COc1ccc(O[C@@H]2O[C@H](CO)[C@H](O[C@H]3O[C@H](CO)[C@H](O)[C@H](NC(C)=O)[C@H]3O)[C@H](O)[C@H]2O)cc1. The summed E-state index contributed by atoms with van der Waals surface area (Å²) < 4.78 is 27.3. The minimum atomic E-state index is -1.65. The maximum Gasteiger partial charge on any atom is 0.229 e. The Bertz CT molecular complexity index is 792. The Morgan fingerprint density at radius 3 is 2.03 bits per heavy atom. The van der Waals surface area contributed by atoms with Gasteiger partial charge in [0.05, 0.1) is 26.4 Å². The van der Waals surface area contributed by atoms with E-state index in [1.165, 1.54) is 14.0 Å². The highest BCUT2D eigenvalue weighted by Crippen LogP contribution is 2.30. The van der Waals surface area contributed by atoms with Crippen molar-refractivity contribution in [2.75, 3.05) is 20.3 Å². The molecule has 2 saturated heterocycles. The molecule has 0 bridgehead atoms. The van der Waals surface area contributed by atoms with Crippen molar-refractivity contribution in [3.63, 3.8) is 0 Å². The Morgan fingerprint density at radius 1 is 0.882 bits per heavy atom. The smallest absolute Gasteiger partial charge is 0.229 e. The lowest BCUT2D eigenvalue weighted by Gasteiger charge is -2.46. The highest BCUT2D eigenvalue weighted by atomic mass is 16.7. The van der Waals surface area contributed by atoms with Gasteiger partial charge in [0.2, 0.25) is 12.2 Å². The van der Waals surface area contributed by atoms with Gasteiger partial charge >= 0.3 is 0 Å². The molecule has 10 atom stereocenters. The monoisotopic (exact) mass is 489 g/mol. The number of methoxy groups -OCH3 is 1. The van der Waals surface area contributed by atoms with Crippen LogP contribution in [-0.2, 0) is 19.0 Å². The molecule has 1 aromatic carbocycles. The van der Waals surface area contributed by atoms with Gasteiger partial charge in [-0.15, -0.1) is 0 Å². The number of carbonyl (C=O) groups excluding carboxylic acids is 1. The molecule has 0 aliphatic carbocycles. The van der Waals surface area contributed by atoms with Crippen LogP contribution in [0.3, 0.4) is 0 Å². The van der Waals surface area contributed by atoms with Gasteiger partial charge in [0, 0.05) is 6.92 Å². The third kappa shape index (κ3) is 5.76. The number of ether oxygens (including phenoxy) is 5. The molecule has 0 unspecified atom stereocenters. The van der Waals surface area contributed by atoms with Crippen LogP contribution in [0.4, 0.5) is 0 Å². The van der Waals surface area contributed by atoms with E-state index in [0.29, 0.717) is 11.5 Å². The second kappa shape index (κ2) is 11.6. The average molecular weight is 489 g/mol. The number of amides is 1. The molecule has 2 fully saturated rings. The Kier molecular flexibility index (Phi) is 9.03. The Hall–Kier alpha value is -2.07. The van der Waals surface area contributed by atoms with E-state index in [-0.39, 0.29) is 0 Å². The predicted octanol–water partition coefficient (Wildman–Crippen LogP) is -3.16. The molecule has 192 valence electrons. The van der Waals surface area contributed by atoms with E-state index in [9.17, 15) is 35.4 Å². The number of hydrogen-bond donors (Lipinski definition) is 7. The normalized spacial score (nSPS) is 38.2. The van der Waals surface area contributed by atoms with Crippen molar-refractivity contribution in [2.24, 2.45) is 0 Å². The fourth-order valence-corrected chi connectivity index (χ4v) is 3.87. The maximum atomic E-state index is 11.5. The fourth-order valence-electron chi connectivity index (χ4n) is 3.87. The average Bonchev–Trinajstić information content (AvgIpc) is 2.83. The number of benzene rings is 1. The molecule has 3 rings (SSSR count). The summed E-state index contributed by atoms with van der Waals surface area (Å²) in [4.78, 5) is 11.5. The van der Waals surface area contributed by atoms with Crippen LogP contribution in [0.2, 0.25) is 0 Å². The molecule has 13 nitrogen and oxygen atoms in total. The summed E-state index contributed by atoms with van der Waals surface area (Å²) in [5.41, 5.74) is 0. The van der Waals surface area contributed by atoms with Gasteiger partial charge in [-0.05, 0) is 24.3 Å². The standard InChI is InChI=1S/C21H31NO12/c1-9(25)22-14-15(26)12(7-23)32-20(16(14)27)34-19-13(8-24)33-21(18(29)17(19)28)31-11-5-3-10(30-2)4-6-11/h3-6,12-21,23-24,26-29H,7-8H2,1-2H3,(H,22,25)/t12-,13-,14+,15+,16-,17-,18-,19+,20-,21-/m1/s1. The third-order valence-corrected chi connectivity index (χ3v) is 5.68. The van der Waals surface area contributed by atoms with Crippen molar-refractivity contribution < 1.29 is 59.1 Å². The van der Waals surface area contributed by atoms with E-state index in [4.69, 9.17) is 23.7 Å². The first-order valence-corrected chi connectivity index (χ1v) is 10.7. The van der Waals surface area contributed by atoms with Crippen LogP contribution in [0.1, 0.15) is 6.92 Å². The molecule has 0 saturated carbocycles. The molecular weight excluding hydrogens is 458 g/mol. The van der Waals surface area contributed by atoms with Crippen molar-refractivity contribution in [2.45, 2.75) is 68.3 Å². The molecule has 1 amide bonds. The molecule has 2 aliphatic rings. The van der Waals surface area contributed by atoms with Crippen LogP contribution in [0.5, 0.6) is 11.5 Å². The first-order valence-electron chi connectivity index (χ1n) is 10.7. The van der Waals surface area contributed by atoms with Gasteiger partial charge in [-0.2, -0.15) is 0 Å². The summed E-state index contributed by atoms with van der Waals surface area (Å²) in [5, 5.41) is 63.8. The predicted molar refractivity (Wildman–Crippen MR) is 112 cm³/mol. The van der Waals surface area contributed by atoms with Gasteiger partial charge in [0.15, 0.2) is 6.29 Å². The summed E-state index contributed by atoms with van der Waals surface area (Å²) in [5.74, 6) is 0.329. The summed E-state index contributed by atoms with van der Waals surface area (Å²) in [6.45, 7) is -0.128. The van der Waals surface area contributed by atoms with Crippen molar-refractivity contribution in [3.05, 3.63) is 24.3 Å². The first-order chi connectivity index (χ1) is 16.2. The van der Waals surface area contributed by atoms with Gasteiger partial charge in [0.1, 0.15) is 54.2 Å². The molecule has 2 aliphatic heterocycles. The van der Waals surface area contributed by atoms with Crippen LogP contribution in [-0.4, -0.2) is 118 Å². The summed E-state index contributed by atoms with van der Waals surface area (Å²) in [6.07, 6.45) is -13.1. The minimum absolute atomic E-state index is 0.303. The molecule has 34 heavy (non-hydrogen) atoms. The zero-order chi connectivity index (χ0) is 25.0. The van der Waals surface area contributed by atoms with Crippen molar-refractivity contribution in [1.82, 2.24) is 5.32 Å². The number of rotatable bonds is 8.